The molecule has 1 aromatic carbocycles. The van der Waals surface area contributed by atoms with Crippen molar-refractivity contribution in [3.05, 3.63) is 59.3 Å². The van der Waals surface area contributed by atoms with Crippen LogP contribution in [0.5, 0.6) is 0 Å². The maximum absolute atomic E-state index is 12.2. The molecule has 3 rings (SSSR count). The summed E-state index contributed by atoms with van der Waals surface area (Å²) in [5, 5.41) is 4.16. The van der Waals surface area contributed by atoms with Crippen LogP contribution in [0, 0.1) is 6.92 Å². The van der Waals surface area contributed by atoms with Crippen LogP contribution in [-0.4, -0.2) is 20.9 Å². The average Bonchev–Trinajstić information content (AvgIpc) is 2.47. The second-order valence-electron chi connectivity index (χ2n) is 4.53. The minimum absolute atomic E-state index is 0.240. The molecule has 0 spiro atoms. The van der Waals surface area contributed by atoms with Crippen molar-refractivity contribution >= 4 is 34.1 Å². The first-order chi connectivity index (χ1) is 10.1. The van der Waals surface area contributed by atoms with E-state index in [4.69, 9.17) is 11.6 Å². The largest absolute Gasteiger partial charge is 0.319 e. The number of pyridine rings is 1. The molecule has 1 amide bonds. The van der Waals surface area contributed by atoms with Gasteiger partial charge in [-0.1, -0.05) is 17.7 Å². The second-order valence-corrected chi connectivity index (χ2v) is 4.96. The number of nitrogens with one attached hydrogen (secondary N) is 1. The van der Waals surface area contributed by atoms with E-state index < -0.39 is 0 Å². The minimum atomic E-state index is -0.350. The fourth-order valence-corrected chi connectivity index (χ4v) is 2.17. The number of fused-ring (bicyclic) bond motifs is 1. The number of benzene rings is 1. The number of carbonyl (C=O) groups is 1. The van der Waals surface area contributed by atoms with Crippen LogP contribution in [0.1, 0.15) is 16.2 Å². The Balaban J connectivity index is 1.98. The highest BCUT2D eigenvalue weighted by molar-refractivity contribution is 6.32. The Hall–Kier alpha value is -2.53. The van der Waals surface area contributed by atoms with Gasteiger partial charge in [0.05, 0.1) is 23.1 Å². The van der Waals surface area contributed by atoms with Gasteiger partial charge in [-0.2, -0.15) is 0 Å². The summed E-state index contributed by atoms with van der Waals surface area (Å²) in [6, 6.07) is 7.16. The molecule has 0 aliphatic rings. The summed E-state index contributed by atoms with van der Waals surface area (Å²) in [5.74, 6) is -0.350. The predicted octanol–water partition coefficient (Wildman–Crippen LogP) is 3.24. The normalized spacial score (nSPS) is 10.6. The van der Waals surface area contributed by atoms with E-state index in [2.05, 4.69) is 20.3 Å². The zero-order chi connectivity index (χ0) is 14.8. The van der Waals surface area contributed by atoms with Crippen molar-refractivity contribution < 1.29 is 4.79 Å². The molecule has 0 saturated carbocycles. The highest BCUT2D eigenvalue weighted by Crippen LogP contribution is 2.26. The summed E-state index contributed by atoms with van der Waals surface area (Å²) in [6.07, 6.45) is 4.64. The van der Waals surface area contributed by atoms with Crippen LogP contribution < -0.4 is 5.32 Å². The standard InChI is InChI=1S/C15H11ClN4O/c1-9-7-19-13(8-18-9)15(21)20-12-6-11(16)5-10-3-2-4-17-14(10)12/h2-8H,1H3,(H,20,21). The molecule has 3 aromatic rings. The molecule has 5 nitrogen and oxygen atoms in total. The molecule has 0 radical (unpaired) electrons. The van der Waals surface area contributed by atoms with Crippen molar-refractivity contribution in [3.8, 4) is 0 Å². The lowest BCUT2D eigenvalue weighted by Gasteiger charge is -2.08. The Morgan fingerprint density at radius 3 is 2.81 bits per heavy atom. The van der Waals surface area contributed by atoms with Gasteiger partial charge >= 0.3 is 0 Å². The lowest BCUT2D eigenvalue weighted by molar-refractivity contribution is 0.102. The van der Waals surface area contributed by atoms with Gasteiger partial charge in [0.1, 0.15) is 5.69 Å². The van der Waals surface area contributed by atoms with Crippen LogP contribution >= 0.6 is 11.6 Å². The molecule has 0 bridgehead atoms. The third-order valence-electron chi connectivity index (χ3n) is 2.93. The molecular weight excluding hydrogens is 288 g/mol. The Bertz CT molecular complexity index is 818. The molecule has 0 saturated heterocycles. The van der Waals surface area contributed by atoms with E-state index in [-0.39, 0.29) is 11.6 Å². The van der Waals surface area contributed by atoms with Gasteiger partial charge in [-0.25, -0.2) is 4.98 Å². The number of hydrogen-bond acceptors (Lipinski definition) is 4. The summed E-state index contributed by atoms with van der Waals surface area (Å²) >= 11 is 6.07. The van der Waals surface area contributed by atoms with Crippen LogP contribution in [0.2, 0.25) is 5.02 Å². The average molecular weight is 299 g/mol. The monoisotopic (exact) mass is 298 g/mol. The second kappa shape index (κ2) is 5.46. The first-order valence-electron chi connectivity index (χ1n) is 6.28. The molecule has 21 heavy (non-hydrogen) atoms. The molecular formula is C15H11ClN4O. The van der Waals surface area contributed by atoms with E-state index in [1.807, 2.05) is 19.1 Å². The van der Waals surface area contributed by atoms with Crippen molar-refractivity contribution in [1.82, 2.24) is 15.0 Å². The highest BCUT2D eigenvalue weighted by atomic mass is 35.5. The number of amides is 1. The molecule has 104 valence electrons. The molecule has 6 heteroatoms. The lowest BCUT2D eigenvalue weighted by atomic mass is 10.2. The fraction of sp³-hybridized carbons (Fsp3) is 0.0667. The number of carbonyl (C=O) groups excluding carboxylic acids is 1. The van der Waals surface area contributed by atoms with Crippen molar-refractivity contribution in [2.24, 2.45) is 0 Å². The Morgan fingerprint density at radius 2 is 2.05 bits per heavy atom. The number of hydrogen-bond donors (Lipinski definition) is 1. The van der Waals surface area contributed by atoms with Crippen LogP contribution in [-0.2, 0) is 0 Å². The Morgan fingerprint density at radius 1 is 1.19 bits per heavy atom. The molecule has 0 fully saturated rings. The fourth-order valence-electron chi connectivity index (χ4n) is 1.95. The van der Waals surface area contributed by atoms with E-state index in [1.165, 1.54) is 6.20 Å². The molecule has 2 heterocycles. The van der Waals surface area contributed by atoms with Crippen molar-refractivity contribution in [3.63, 3.8) is 0 Å². The van der Waals surface area contributed by atoms with Crippen molar-refractivity contribution in [2.75, 3.05) is 5.32 Å². The van der Waals surface area contributed by atoms with E-state index in [0.29, 0.717) is 16.2 Å². The van der Waals surface area contributed by atoms with E-state index in [0.717, 1.165) is 11.1 Å². The van der Waals surface area contributed by atoms with Crippen molar-refractivity contribution in [2.45, 2.75) is 6.92 Å². The number of nitrogens with zero attached hydrogens (tertiary/aromatic N) is 3. The van der Waals surface area contributed by atoms with Gasteiger partial charge in [0, 0.05) is 22.8 Å². The van der Waals surface area contributed by atoms with Crippen LogP contribution in [0.3, 0.4) is 0 Å². The Labute approximate surface area is 126 Å². The highest BCUT2D eigenvalue weighted by Gasteiger charge is 2.11. The summed E-state index contributed by atoms with van der Waals surface area (Å²) in [5.41, 5.74) is 2.21. The van der Waals surface area contributed by atoms with E-state index >= 15 is 0 Å². The number of rotatable bonds is 2. The number of halogens is 1. The smallest absolute Gasteiger partial charge is 0.275 e. The maximum atomic E-state index is 12.2. The van der Waals surface area contributed by atoms with Gasteiger partial charge in [-0.15, -0.1) is 0 Å². The molecule has 0 atom stereocenters. The number of aryl methyl sites for hydroxylation is 1. The predicted molar refractivity (Wildman–Crippen MR) is 81.5 cm³/mol. The maximum Gasteiger partial charge on any atom is 0.275 e. The molecule has 0 aliphatic heterocycles. The molecule has 2 aromatic heterocycles. The van der Waals surface area contributed by atoms with Crippen LogP contribution in [0.15, 0.2) is 42.9 Å². The number of aromatic nitrogens is 3. The van der Waals surface area contributed by atoms with Gasteiger partial charge in [0.15, 0.2) is 0 Å². The van der Waals surface area contributed by atoms with E-state index in [9.17, 15) is 4.79 Å². The first kappa shape index (κ1) is 13.5. The van der Waals surface area contributed by atoms with Gasteiger partial charge in [-0.3, -0.25) is 14.8 Å². The zero-order valence-corrected chi connectivity index (χ0v) is 11.9. The summed E-state index contributed by atoms with van der Waals surface area (Å²) in [4.78, 5) is 24.6. The van der Waals surface area contributed by atoms with Crippen LogP contribution in [0.4, 0.5) is 5.69 Å². The molecule has 0 unspecified atom stereocenters. The SMILES string of the molecule is Cc1cnc(C(=O)Nc2cc(Cl)cc3cccnc23)cn1. The van der Waals surface area contributed by atoms with Crippen molar-refractivity contribution in [1.29, 1.82) is 0 Å². The summed E-state index contributed by atoms with van der Waals surface area (Å²) in [7, 11) is 0. The van der Waals surface area contributed by atoms with Gasteiger partial charge in [0.25, 0.3) is 5.91 Å². The zero-order valence-electron chi connectivity index (χ0n) is 11.2. The third kappa shape index (κ3) is 2.83. The van der Waals surface area contributed by atoms with Crippen LogP contribution in [0.25, 0.3) is 10.9 Å². The third-order valence-corrected chi connectivity index (χ3v) is 3.15. The minimum Gasteiger partial charge on any atom is -0.319 e. The summed E-state index contributed by atoms with van der Waals surface area (Å²) < 4.78 is 0. The van der Waals surface area contributed by atoms with Gasteiger partial charge in [-0.05, 0) is 25.1 Å². The quantitative estimate of drug-likeness (QED) is 0.788. The first-order valence-corrected chi connectivity index (χ1v) is 6.65. The topological polar surface area (TPSA) is 67.8 Å². The number of anilines is 1. The van der Waals surface area contributed by atoms with Gasteiger partial charge < -0.3 is 5.32 Å². The molecule has 1 N–H and O–H groups in total. The molecule has 0 aliphatic carbocycles. The Kier molecular flexibility index (Phi) is 3.50. The van der Waals surface area contributed by atoms with Gasteiger partial charge in [0.2, 0.25) is 0 Å². The summed E-state index contributed by atoms with van der Waals surface area (Å²) in [6.45, 7) is 1.81. The van der Waals surface area contributed by atoms with E-state index in [1.54, 1.807) is 24.5 Å². The lowest BCUT2D eigenvalue weighted by Crippen LogP contribution is -2.14.